The first-order valence-electron chi connectivity index (χ1n) is 3.81. The molecule has 0 amide bonds. The van der Waals surface area contributed by atoms with E-state index in [1.807, 2.05) is 0 Å². The number of rotatable bonds is 1. The molecule has 0 unspecified atom stereocenters. The number of thiol groups is 1. The Balaban J connectivity index is 2.46. The first-order valence-corrected chi connectivity index (χ1v) is 4.99. The van der Waals surface area contributed by atoms with Gasteiger partial charge in [0.1, 0.15) is 13.2 Å². The molecule has 2 rings (SSSR count). The molecule has 70 valence electrons. The highest BCUT2D eigenvalue weighted by Gasteiger charge is 2.11. The molecule has 1 aromatic rings. The Bertz CT molecular complexity index is 389. The smallest absolute Gasteiger partial charge is 0.168 e. The zero-order chi connectivity index (χ0) is 9.26. The fourth-order valence-corrected chi connectivity index (χ4v) is 1.56. The van der Waals surface area contributed by atoms with Crippen molar-refractivity contribution in [2.45, 2.75) is 4.90 Å². The predicted octanol–water partition coefficient (Wildman–Crippen LogP) is 0.428. The first kappa shape index (κ1) is 8.37. The second kappa shape index (κ2) is 3.26. The van der Waals surface area contributed by atoms with Crippen molar-refractivity contribution in [3.63, 3.8) is 0 Å². The lowest BCUT2D eigenvalue weighted by Crippen LogP contribution is -2.15. The average Bonchev–Trinajstić information content (AvgIpc) is 2.17. The fraction of sp³-hybridized carbons (Fsp3) is 0.250. The average molecular weight is 200 g/mol. The van der Waals surface area contributed by atoms with Crippen LogP contribution in [0.5, 0.6) is 11.5 Å². The SMILES string of the molecule is O=[SH](=O)c1ccc2c(c1)OCCO2. The third-order valence-corrected chi connectivity index (χ3v) is 2.44. The van der Waals surface area contributed by atoms with Gasteiger partial charge in [0, 0.05) is 6.07 Å². The molecule has 0 saturated carbocycles. The molecule has 0 atom stereocenters. The Hall–Kier alpha value is -1.23. The molecular weight excluding hydrogens is 192 g/mol. The van der Waals surface area contributed by atoms with Crippen LogP contribution in [0, 0.1) is 0 Å². The molecule has 1 aromatic carbocycles. The van der Waals surface area contributed by atoms with Crippen molar-refractivity contribution in [3.8, 4) is 11.5 Å². The van der Waals surface area contributed by atoms with E-state index in [1.54, 1.807) is 6.07 Å². The van der Waals surface area contributed by atoms with Crippen LogP contribution in [0.3, 0.4) is 0 Å². The van der Waals surface area contributed by atoms with Crippen molar-refractivity contribution in [1.29, 1.82) is 0 Å². The Morgan fingerprint density at radius 2 is 1.77 bits per heavy atom. The minimum absolute atomic E-state index is 0.249. The van der Waals surface area contributed by atoms with Gasteiger partial charge in [0.05, 0.1) is 4.90 Å². The van der Waals surface area contributed by atoms with Crippen LogP contribution in [0.4, 0.5) is 0 Å². The summed E-state index contributed by atoms with van der Waals surface area (Å²) in [5.41, 5.74) is 0. The molecule has 0 radical (unpaired) electrons. The Labute approximate surface area is 77.0 Å². The van der Waals surface area contributed by atoms with Gasteiger partial charge in [0.15, 0.2) is 22.2 Å². The van der Waals surface area contributed by atoms with E-state index in [2.05, 4.69) is 0 Å². The number of hydrogen-bond donors (Lipinski definition) is 1. The largest absolute Gasteiger partial charge is 0.486 e. The Kier molecular flexibility index (Phi) is 2.10. The van der Waals surface area contributed by atoms with Gasteiger partial charge in [0.2, 0.25) is 0 Å². The van der Waals surface area contributed by atoms with Crippen LogP contribution in [-0.2, 0) is 10.7 Å². The monoisotopic (exact) mass is 200 g/mol. The van der Waals surface area contributed by atoms with Gasteiger partial charge in [-0.15, -0.1) is 0 Å². The molecule has 1 aliphatic rings. The molecule has 0 aliphatic carbocycles. The summed E-state index contributed by atoms with van der Waals surface area (Å²) >= 11 is 0. The maximum atomic E-state index is 10.6. The van der Waals surface area contributed by atoms with Gasteiger partial charge in [-0.05, 0) is 12.1 Å². The molecular formula is C8H8O4S. The molecule has 0 fully saturated rings. The van der Waals surface area contributed by atoms with E-state index in [9.17, 15) is 8.42 Å². The normalized spacial score (nSPS) is 14.5. The molecule has 13 heavy (non-hydrogen) atoms. The summed E-state index contributed by atoms with van der Waals surface area (Å²) in [6, 6.07) is 4.58. The summed E-state index contributed by atoms with van der Waals surface area (Å²) in [4.78, 5) is 0.249. The summed E-state index contributed by atoms with van der Waals surface area (Å²) < 4.78 is 31.7. The minimum Gasteiger partial charge on any atom is -0.486 e. The standard InChI is InChI=1S/C8H8O4S/c9-13(10)6-1-2-7-8(5-6)12-4-3-11-7/h1-2,5,13H,3-4H2. The molecule has 1 aliphatic heterocycles. The summed E-state index contributed by atoms with van der Waals surface area (Å²) in [5.74, 6) is 1.11. The van der Waals surface area contributed by atoms with E-state index in [0.29, 0.717) is 24.7 Å². The minimum atomic E-state index is -2.55. The molecule has 1 heterocycles. The van der Waals surface area contributed by atoms with Gasteiger partial charge < -0.3 is 9.47 Å². The summed E-state index contributed by atoms with van der Waals surface area (Å²) in [7, 11) is -2.55. The summed E-state index contributed by atoms with van der Waals surface area (Å²) in [5, 5.41) is 0. The van der Waals surface area contributed by atoms with Crippen molar-refractivity contribution in [1.82, 2.24) is 0 Å². The van der Waals surface area contributed by atoms with E-state index >= 15 is 0 Å². The Morgan fingerprint density at radius 1 is 1.08 bits per heavy atom. The number of benzene rings is 1. The van der Waals surface area contributed by atoms with Crippen LogP contribution in [0.2, 0.25) is 0 Å². The van der Waals surface area contributed by atoms with Gasteiger partial charge in [0.25, 0.3) is 0 Å². The number of hydrogen-bond acceptors (Lipinski definition) is 4. The van der Waals surface area contributed by atoms with E-state index in [-0.39, 0.29) is 4.90 Å². The molecule has 0 spiro atoms. The van der Waals surface area contributed by atoms with Crippen molar-refractivity contribution in [3.05, 3.63) is 18.2 Å². The third-order valence-electron chi connectivity index (χ3n) is 1.74. The fourth-order valence-electron chi connectivity index (χ4n) is 1.15. The highest BCUT2D eigenvalue weighted by molar-refractivity contribution is 7.72. The van der Waals surface area contributed by atoms with Crippen LogP contribution < -0.4 is 9.47 Å². The highest BCUT2D eigenvalue weighted by atomic mass is 32.2. The molecule has 4 nitrogen and oxygen atoms in total. The van der Waals surface area contributed by atoms with E-state index in [1.165, 1.54) is 12.1 Å². The molecule has 5 heteroatoms. The van der Waals surface area contributed by atoms with E-state index in [4.69, 9.17) is 9.47 Å². The van der Waals surface area contributed by atoms with Gasteiger partial charge in [-0.2, -0.15) is 0 Å². The van der Waals surface area contributed by atoms with Crippen molar-refractivity contribution < 1.29 is 17.9 Å². The second-order valence-electron chi connectivity index (χ2n) is 2.59. The van der Waals surface area contributed by atoms with Crippen LogP contribution in [-0.4, -0.2) is 21.6 Å². The lowest BCUT2D eigenvalue weighted by atomic mass is 10.3. The molecule has 0 aromatic heterocycles. The quantitative estimate of drug-likeness (QED) is 0.668. The second-order valence-corrected chi connectivity index (χ2v) is 3.62. The third kappa shape index (κ3) is 1.60. The van der Waals surface area contributed by atoms with Crippen LogP contribution in [0.25, 0.3) is 0 Å². The van der Waals surface area contributed by atoms with Crippen molar-refractivity contribution in [2.24, 2.45) is 0 Å². The van der Waals surface area contributed by atoms with E-state index < -0.39 is 10.7 Å². The lowest BCUT2D eigenvalue weighted by molar-refractivity contribution is 0.171. The maximum Gasteiger partial charge on any atom is 0.168 e. The first-order chi connectivity index (χ1) is 6.27. The van der Waals surface area contributed by atoms with Gasteiger partial charge in [-0.25, -0.2) is 8.42 Å². The van der Waals surface area contributed by atoms with Gasteiger partial charge in [-0.1, -0.05) is 0 Å². The van der Waals surface area contributed by atoms with E-state index in [0.717, 1.165) is 0 Å². The maximum absolute atomic E-state index is 10.6. The predicted molar refractivity (Wildman–Crippen MR) is 46.0 cm³/mol. The zero-order valence-electron chi connectivity index (χ0n) is 6.73. The van der Waals surface area contributed by atoms with Crippen LogP contribution >= 0.6 is 0 Å². The lowest BCUT2D eigenvalue weighted by Gasteiger charge is -2.17. The summed E-state index contributed by atoms with van der Waals surface area (Å²) in [6.07, 6.45) is 0. The van der Waals surface area contributed by atoms with Gasteiger partial charge in [-0.3, -0.25) is 0 Å². The number of ether oxygens (including phenoxy) is 2. The molecule has 0 bridgehead atoms. The molecule has 0 N–H and O–H groups in total. The summed E-state index contributed by atoms with van der Waals surface area (Å²) in [6.45, 7) is 0.974. The van der Waals surface area contributed by atoms with Crippen molar-refractivity contribution in [2.75, 3.05) is 13.2 Å². The zero-order valence-corrected chi connectivity index (χ0v) is 7.62. The highest BCUT2D eigenvalue weighted by Crippen LogP contribution is 2.30. The number of fused-ring (bicyclic) bond motifs is 1. The van der Waals surface area contributed by atoms with Gasteiger partial charge >= 0.3 is 0 Å². The topological polar surface area (TPSA) is 52.6 Å². The Morgan fingerprint density at radius 3 is 2.46 bits per heavy atom. The van der Waals surface area contributed by atoms with Crippen LogP contribution in [0.1, 0.15) is 0 Å². The van der Waals surface area contributed by atoms with Crippen molar-refractivity contribution >= 4 is 10.7 Å². The van der Waals surface area contributed by atoms with Crippen LogP contribution in [0.15, 0.2) is 23.1 Å². The molecule has 0 saturated heterocycles.